The summed E-state index contributed by atoms with van der Waals surface area (Å²) in [5.41, 5.74) is 3.58. The van der Waals surface area contributed by atoms with E-state index in [1.807, 2.05) is 19.2 Å². The van der Waals surface area contributed by atoms with Crippen LogP contribution in [0.4, 0.5) is 0 Å². The van der Waals surface area contributed by atoms with Crippen molar-refractivity contribution in [2.75, 3.05) is 7.05 Å². The second-order valence-electron chi connectivity index (χ2n) is 4.64. The van der Waals surface area contributed by atoms with Crippen LogP contribution >= 0.6 is 15.9 Å². The fourth-order valence-electron chi connectivity index (χ4n) is 1.97. The van der Waals surface area contributed by atoms with Crippen LogP contribution in [-0.2, 0) is 0 Å². The van der Waals surface area contributed by atoms with Crippen LogP contribution in [0.15, 0.2) is 33.2 Å². The normalized spacial score (nSPS) is 12.7. The topological polar surface area (TPSA) is 25.2 Å². The smallest absolute Gasteiger partial charge is 0.134 e. The Balaban J connectivity index is 2.40. The van der Waals surface area contributed by atoms with Gasteiger partial charge in [0.15, 0.2) is 0 Å². The van der Waals surface area contributed by atoms with Gasteiger partial charge in [0.2, 0.25) is 0 Å². The Morgan fingerprint density at radius 3 is 2.33 bits per heavy atom. The monoisotopic (exact) mass is 307 g/mol. The first-order chi connectivity index (χ1) is 8.52. The van der Waals surface area contributed by atoms with Gasteiger partial charge in [-0.25, -0.2) is 0 Å². The minimum atomic E-state index is 0.233. The van der Waals surface area contributed by atoms with Gasteiger partial charge in [0.25, 0.3) is 0 Å². The van der Waals surface area contributed by atoms with Crippen molar-refractivity contribution < 1.29 is 4.42 Å². The molecule has 0 saturated heterocycles. The molecule has 0 radical (unpaired) electrons. The van der Waals surface area contributed by atoms with Gasteiger partial charge in [-0.3, -0.25) is 0 Å². The van der Waals surface area contributed by atoms with Crippen LogP contribution in [-0.4, -0.2) is 7.05 Å². The maximum Gasteiger partial charge on any atom is 0.134 e. The van der Waals surface area contributed by atoms with Crippen LogP contribution in [0, 0.1) is 13.8 Å². The lowest BCUT2D eigenvalue weighted by Gasteiger charge is -2.07. The van der Waals surface area contributed by atoms with Gasteiger partial charge in [-0.1, -0.05) is 15.9 Å². The van der Waals surface area contributed by atoms with E-state index in [1.54, 1.807) is 0 Å². The second-order valence-corrected chi connectivity index (χ2v) is 5.43. The minimum absolute atomic E-state index is 0.233. The van der Waals surface area contributed by atoms with Crippen molar-refractivity contribution in [1.82, 2.24) is 5.32 Å². The Bertz CT molecular complexity index is 536. The molecule has 1 heterocycles. The number of furan rings is 1. The van der Waals surface area contributed by atoms with E-state index in [2.05, 4.69) is 54.2 Å². The lowest BCUT2D eigenvalue weighted by atomic mass is 10.1. The number of benzene rings is 1. The molecule has 0 saturated carbocycles. The Morgan fingerprint density at radius 1 is 1.17 bits per heavy atom. The zero-order valence-corrected chi connectivity index (χ0v) is 12.8. The molecule has 96 valence electrons. The van der Waals surface area contributed by atoms with Crippen LogP contribution in [0.5, 0.6) is 0 Å². The first kappa shape index (κ1) is 13.4. The predicted octanol–water partition coefficient (Wildman–Crippen LogP) is 4.61. The summed E-state index contributed by atoms with van der Waals surface area (Å²) in [5, 5.41) is 3.18. The molecule has 2 aromatic rings. The van der Waals surface area contributed by atoms with Gasteiger partial charge >= 0.3 is 0 Å². The molecule has 1 atom stereocenters. The summed E-state index contributed by atoms with van der Waals surface area (Å²) in [7, 11) is 1.93. The van der Waals surface area contributed by atoms with Crippen LogP contribution in [0.25, 0.3) is 11.3 Å². The number of rotatable bonds is 3. The summed E-state index contributed by atoms with van der Waals surface area (Å²) in [6, 6.07) is 8.58. The molecule has 1 unspecified atom stereocenters. The molecule has 3 heteroatoms. The molecule has 0 aliphatic carbocycles. The predicted molar refractivity (Wildman–Crippen MR) is 78.8 cm³/mol. The third kappa shape index (κ3) is 2.52. The summed E-state index contributed by atoms with van der Waals surface area (Å²) in [6.07, 6.45) is 0. The maximum absolute atomic E-state index is 5.89. The molecule has 1 aromatic heterocycles. The number of halogens is 1. The molecule has 0 fully saturated rings. The first-order valence-electron chi connectivity index (χ1n) is 6.07. The number of aryl methyl sites for hydroxylation is 2. The highest BCUT2D eigenvalue weighted by Gasteiger charge is 2.11. The van der Waals surface area contributed by atoms with E-state index in [0.29, 0.717) is 0 Å². The third-order valence-electron chi connectivity index (χ3n) is 3.21. The molecule has 1 aromatic carbocycles. The Morgan fingerprint density at radius 2 is 1.78 bits per heavy atom. The Hall–Kier alpha value is -1.06. The summed E-state index contributed by atoms with van der Waals surface area (Å²) < 4.78 is 7.06. The Labute approximate surface area is 117 Å². The average Bonchev–Trinajstić information content (AvgIpc) is 2.84. The highest BCUT2D eigenvalue weighted by Crippen LogP contribution is 2.30. The molecule has 1 N–H and O–H groups in total. The number of hydrogen-bond donors (Lipinski definition) is 1. The fraction of sp³-hybridized carbons (Fsp3) is 0.333. The highest BCUT2D eigenvalue weighted by atomic mass is 79.9. The zero-order valence-electron chi connectivity index (χ0n) is 11.2. The van der Waals surface area contributed by atoms with E-state index in [1.165, 1.54) is 15.6 Å². The van der Waals surface area contributed by atoms with Gasteiger partial charge in [0, 0.05) is 10.0 Å². The van der Waals surface area contributed by atoms with E-state index < -0.39 is 0 Å². The van der Waals surface area contributed by atoms with Gasteiger partial charge in [-0.05, 0) is 63.2 Å². The van der Waals surface area contributed by atoms with Gasteiger partial charge < -0.3 is 9.73 Å². The minimum Gasteiger partial charge on any atom is -0.459 e. The largest absolute Gasteiger partial charge is 0.459 e. The molecule has 0 bridgehead atoms. The molecule has 0 spiro atoms. The summed E-state index contributed by atoms with van der Waals surface area (Å²) >= 11 is 3.58. The van der Waals surface area contributed by atoms with Crippen molar-refractivity contribution in [3.05, 3.63) is 45.6 Å². The van der Waals surface area contributed by atoms with Crippen molar-refractivity contribution in [2.24, 2.45) is 0 Å². The third-order valence-corrected chi connectivity index (χ3v) is 4.46. The molecule has 2 nitrogen and oxygen atoms in total. The van der Waals surface area contributed by atoms with Crippen LogP contribution in [0.2, 0.25) is 0 Å². The number of nitrogens with one attached hydrogen (secondary N) is 1. The van der Waals surface area contributed by atoms with Crippen LogP contribution in [0.3, 0.4) is 0 Å². The maximum atomic E-state index is 5.89. The van der Waals surface area contributed by atoms with E-state index in [0.717, 1.165) is 17.1 Å². The summed E-state index contributed by atoms with van der Waals surface area (Å²) in [6.45, 7) is 6.28. The van der Waals surface area contributed by atoms with Crippen molar-refractivity contribution >= 4 is 15.9 Å². The lowest BCUT2D eigenvalue weighted by Crippen LogP contribution is -2.10. The number of hydrogen-bond acceptors (Lipinski definition) is 2. The molecule has 0 aliphatic heterocycles. The average molecular weight is 308 g/mol. The van der Waals surface area contributed by atoms with Crippen LogP contribution in [0.1, 0.15) is 29.9 Å². The van der Waals surface area contributed by atoms with E-state index in [4.69, 9.17) is 4.42 Å². The summed E-state index contributed by atoms with van der Waals surface area (Å²) in [4.78, 5) is 0. The molecular weight excluding hydrogens is 290 g/mol. The lowest BCUT2D eigenvalue weighted by molar-refractivity contribution is 0.458. The molecule has 2 rings (SSSR count). The molecule has 0 aliphatic rings. The molecule has 18 heavy (non-hydrogen) atoms. The van der Waals surface area contributed by atoms with Crippen molar-refractivity contribution in [3.63, 3.8) is 0 Å². The van der Waals surface area contributed by atoms with Crippen molar-refractivity contribution in [2.45, 2.75) is 26.8 Å². The molecular formula is C15H18BrNO. The summed E-state index contributed by atoms with van der Waals surface area (Å²) in [5.74, 6) is 1.89. The SMILES string of the molecule is CNC(C)c1ccc(-c2cc(C)c(Br)c(C)c2)o1. The van der Waals surface area contributed by atoms with E-state index in [9.17, 15) is 0 Å². The van der Waals surface area contributed by atoms with Gasteiger partial charge in [-0.15, -0.1) is 0 Å². The van der Waals surface area contributed by atoms with Crippen LogP contribution < -0.4 is 5.32 Å². The van der Waals surface area contributed by atoms with E-state index >= 15 is 0 Å². The van der Waals surface area contributed by atoms with E-state index in [-0.39, 0.29) is 6.04 Å². The second kappa shape index (κ2) is 5.29. The van der Waals surface area contributed by atoms with Crippen molar-refractivity contribution in [1.29, 1.82) is 0 Å². The first-order valence-corrected chi connectivity index (χ1v) is 6.86. The molecule has 0 amide bonds. The van der Waals surface area contributed by atoms with Gasteiger partial charge in [0.1, 0.15) is 11.5 Å². The zero-order chi connectivity index (χ0) is 13.3. The quantitative estimate of drug-likeness (QED) is 0.896. The Kier molecular flexibility index (Phi) is 3.93. The standard InChI is InChI=1S/C15H18BrNO/c1-9-7-12(8-10(2)15(9)16)14-6-5-13(18-14)11(3)17-4/h5-8,11,17H,1-4H3. The van der Waals surface area contributed by atoms with Crippen molar-refractivity contribution in [3.8, 4) is 11.3 Å². The fourth-order valence-corrected chi connectivity index (χ4v) is 2.20. The highest BCUT2D eigenvalue weighted by molar-refractivity contribution is 9.10. The van der Waals surface area contributed by atoms with Gasteiger partial charge in [-0.2, -0.15) is 0 Å². The van der Waals surface area contributed by atoms with Gasteiger partial charge in [0.05, 0.1) is 6.04 Å².